The molecule has 0 bridgehead atoms. The molecule has 78 valence electrons. The van der Waals surface area contributed by atoms with E-state index in [1.807, 2.05) is 17.8 Å². The third-order valence-electron chi connectivity index (χ3n) is 1.68. The molecule has 14 heavy (non-hydrogen) atoms. The van der Waals surface area contributed by atoms with Gasteiger partial charge in [0.25, 0.3) is 0 Å². The van der Waals surface area contributed by atoms with E-state index in [0.717, 1.165) is 11.4 Å². The summed E-state index contributed by atoms with van der Waals surface area (Å²) in [5.74, 6) is 0.713. The molecule has 0 radical (unpaired) electrons. The first-order valence-electron chi connectivity index (χ1n) is 4.28. The molecule has 0 aliphatic rings. The molecule has 0 spiro atoms. The topological polar surface area (TPSA) is 39.2 Å². The fraction of sp³-hybridized carbons (Fsp3) is 0.556. The number of rotatable bonds is 5. The minimum absolute atomic E-state index is 0.150. The molecule has 0 aliphatic carbocycles. The van der Waals surface area contributed by atoms with E-state index in [9.17, 15) is 4.79 Å². The summed E-state index contributed by atoms with van der Waals surface area (Å²) in [4.78, 5) is 15.1. The van der Waals surface area contributed by atoms with Crippen molar-refractivity contribution in [3.05, 3.63) is 16.6 Å². The van der Waals surface area contributed by atoms with Crippen LogP contribution in [0, 0.1) is 0 Å². The van der Waals surface area contributed by atoms with Crippen LogP contribution in [0.25, 0.3) is 0 Å². The average Bonchev–Trinajstić information content (AvgIpc) is 2.67. The van der Waals surface area contributed by atoms with E-state index in [2.05, 4.69) is 9.72 Å². The van der Waals surface area contributed by atoms with Gasteiger partial charge < -0.3 is 4.74 Å². The van der Waals surface area contributed by atoms with Gasteiger partial charge in [-0.2, -0.15) is 11.8 Å². The molecule has 0 amide bonds. The van der Waals surface area contributed by atoms with Gasteiger partial charge in [-0.15, -0.1) is 11.3 Å². The smallest absolute Gasteiger partial charge is 0.306 e. The molecule has 1 unspecified atom stereocenters. The Hall–Kier alpha value is -0.550. The van der Waals surface area contributed by atoms with Crippen LogP contribution in [0.2, 0.25) is 0 Å². The van der Waals surface area contributed by atoms with E-state index in [4.69, 9.17) is 0 Å². The van der Waals surface area contributed by atoms with Gasteiger partial charge in [0.15, 0.2) is 0 Å². The molecule has 1 rings (SSSR count). The highest BCUT2D eigenvalue weighted by Gasteiger charge is 2.09. The maximum Gasteiger partial charge on any atom is 0.306 e. The van der Waals surface area contributed by atoms with Gasteiger partial charge in [0.05, 0.1) is 24.7 Å². The monoisotopic (exact) mass is 231 g/mol. The Labute approximate surface area is 91.9 Å². The van der Waals surface area contributed by atoms with Gasteiger partial charge in [-0.05, 0) is 0 Å². The number of hydrogen-bond donors (Lipinski definition) is 0. The third kappa shape index (κ3) is 4.11. The van der Waals surface area contributed by atoms with Gasteiger partial charge >= 0.3 is 5.97 Å². The normalized spacial score (nSPS) is 12.4. The minimum atomic E-state index is -0.150. The first kappa shape index (κ1) is 11.5. The van der Waals surface area contributed by atoms with Crippen LogP contribution >= 0.6 is 23.1 Å². The van der Waals surface area contributed by atoms with Gasteiger partial charge in [-0.3, -0.25) is 4.79 Å². The predicted octanol–water partition coefficient (Wildman–Crippen LogP) is 2.33. The van der Waals surface area contributed by atoms with E-state index < -0.39 is 0 Å². The zero-order valence-electron chi connectivity index (χ0n) is 8.23. The minimum Gasteiger partial charge on any atom is -0.469 e. The zero-order valence-corrected chi connectivity index (χ0v) is 9.86. The van der Waals surface area contributed by atoms with Crippen molar-refractivity contribution in [2.24, 2.45) is 0 Å². The number of aromatic nitrogens is 1. The van der Waals surface area contributed by atoms with Crippen molar-refractivity contribution in [1.29, 1.82) is 0 Å². The Bertz CT molecular complexity index is 274. The van der Waals surface area contributed by atoms with Crippen molar-refractivity contribution in [3.8, 4) is 0 Å². The van der Waals surface area contributed by atoms with Crippen molar-refractivity contribution in [2.75, 3.05) is 7.11 Å². The largest absolute Gasteiger partial charge is 0.469 e. The molecule has 0 aliphatic heterocycles. The van der Waals surface area contributed by atoms with Crippen LogP contribution in [-0.4, -0.2) is 23.3 Å². The van der Waals surface area contributed by atoms with E-state index in [-0.39, 0.29) is 11.2 Å². The zero-order chi connectivity index (χ0) is 10.4. The second-order valence-corrected chi connectivity index (χ2v) is 5.03. The van der Waals surface area contributed by atoms with Gasteiger partial charge in [0, 0.05) is 16.4 Å². The lowest BCUT2D eigenvalue weighted by molar-refractivity contribution is -0.140. The van der Waals surface area contributed by atoms with Crippen LogP contribution in [0.15, 0.2) is 10.9 Å². The summed E-state index contributed by atoms with van der Waals surface area (Å²) in [6.45, 7) is 2.02. The van der Waals surface area contributed by atoms with E-state index in [1.165, 1.54) is 7.11 Å². The highest BCUT2D eigenvalue weighted by molar-refractivity contribution is 7.99. The number of nitrogens with zero attached hydrogens (tertiary/aromatic N) is 1. The molecule has 0 saturated carbocycles. The molecule has 3 nitrogen and oxygen atoms in total. The van der Waals surface area contributed by atoms with Crippen LogP contribution in [0.1, 0.15) is 19.0 Å². The van der Waals surface area contributed by atoms with Crippen LogP contribution in [-0.2, 0) is 15.3 Å². The molecular weight excluding hydrogens is 218 g/mol. The molecule has 0 aromatic carbocycles. The molecule has 1 aromatic rings. The van der Waals surface area contributed by atoms with Gasteiger partial charge in [-0.1, -0.05) is 6.92 Å². The Morgan fingerprint density at radius 2 is 2.57 bits per heavy atom. The molecule has 0 N–H and O–H groups in total. The quantitative estimate of drug-likeness (QED) is 0.729. The average molecular weight is 231 g/mol. The second kappa shape index (κ2) is 6.03. The summed E-state index contributed by atoms with van der Waals surface area (Å²) in [5, 5.41) is 2.31. The lowest BCUT2D eigenvalue weighted by atomic mass is 10.3. The summed E-state index contributed by atoms with van der Waals surface area (Å²) in [6, 6.07) is 0. The van der Waals surface area contributed by atoms with Crippen molar-refractivity contribution in [3.63, 3.8) is 0 Å². The summed E-state index contributed by atoms with van der Waals surface area (Å²) >= 11 is 3.31. The van der Waals surface area contributed by atoms with Crippen molar-refractivity contribution in [1.82, 2.24) is 4.98 Å². The molecule has 5 heteroatoms. The summed E-state index contributed by atoms with van der Waals surface area (Å²) in [5.41, 5.74) is 2.90. The highest BCUT2D eigenvalue weighted by atomic mass is 32.2. The first-order chi connectivity index (χ1) is 6.72. The lowest BCUT2D eigenvalue weighted by Crippen LogP contribution is -2.08. The SMILES string of the molecule is COC(=O)CC(C)SCc1cscn1. The highest BCUT2D eigenvalue weighted by Crippen LogP contribution is 2.19. The number of thiazole rings is 1. The van der Waals surface area contributed by atoms with Crippen LogP contribution in [0.4, 0.5) is 0 Å². The van der Waals surface area contributed by atoms with E-state index in [1.54, 1.807) is 23.1 Å². The fourth-order valence-corrected chi connectivity index (χ4v) is 2.44. The molecule has 0 fully saturated rings. The molecule has 1 heterocycles. The molecule has 1 atom stereocenters. The van der Waals surface area contributed by atoms with Crippen LogP contribution < -0.4 is 0 Å². The predicted molar refractivity (Wildman–Crippen MR) is 59.5 cm³/mol. The fourth-order valence-electron chi connectivity index (χ4n) is 0.913. The number of ether oxygens (including phenoxy) is 1. The number of esters is 1. The second-order valence-electron chi connectivity index (χ2n) is 2.88. The Kier molecular flexibility index (Phi) is 4.97. The number of thioether (sulfide) groups is 1. The number of methoxy groups -OCH3 is 1. The van der Waals surface area contributed by atoms with Crippen molar-refractivity contribution < 1.29 is 9.53 Å². The van der Waals surface area contributed by atoms with Crippen molar-refractivity contribution in [2.45, 2.75) is 24.3 Å². The van der Waals surface area contributed by atoms with E-state index in [0.29, 0.717) is 6.42 Å². The van der Waals surface area contributed by atoms with Gasteiger partial charge in [0.1, 0.15) is 0 Å². The van der Waals surface area contributed by atoms with Gasteiger partial charge in [0.2, 0.25) is 0 Å². The molecule has 0 saturated heterocycles. The Morgan fingerprint density at radius 3 is 3.14 bits per heavy atom. The Balaban J connectivity index is 2.21. The maximum atomic E-state index is 10.9. The molecular formula is C9H13NO2S2. The molecule has 1 aromatic heterocycles. The lowest BCUT2D eigenvalue weighted by Gasteiger charge is -2.07. The number of carbonyl (C=O) groups is 1. The van der Waals surface area contributed by atoms with Crippen LogP contribution in [0.5, 0.6) is 0 Å². The van der Waals surface area contributed by atoms with Crippen molar-refractivity contribution >= 4 is 29.1 Å². The third-order valence-corrected chi connectivity index (χ3v) is 3.51. The van der Waals surface area contributed by atoms with Gasteiger partial charge in [-0.25, -0.2) is 4.98 Å². The summed E-state index contributed by atoms with van der Waals surface area (Å²) in [7, 11) is 1.42. The summed E-state index contributed by atoms with van der Waals surface area (Å²) in [6.07, 6.45) is 0.464. The summed E-state index contributed by atoms with van der Waals surface area (Å²) < 4.78 is 4.59. The standard InChI is InChI=1S/C9H13NO2S2/c1-7(3-9(11)12-2)14-5-8-4-13-6-10-8/h4,6-7H,3,5H2,1-2H3. The number of hydrogen-bond acceptors (Lipinski definition) is 5. The van der Waals surface area contributed by atoms with Crippen LogP contribution in [0.3, 0.4) is 0 Å². The maximum absolute atomic E-state index is 10.9. The first-order valence-corrected chi connectivity index (χ1v) is 6.27. The number of carbonyl (C=O) groups excluding carboxylic acids is 1. The Morgan fingerprint density at radius 1 is 1.79 bits per heavy atom. The van der Waals surface area contributed by atoms with E-state index >= 15 is 0 Å².